The summed E-state index contributed by atoms with van der Waals surface area (Å²) in [5.74, 6) is -0.780. The predicted octanol–water partition coefficient (Wildman–Crippen LogP) is 3.81. The fraction of sp³-hybridized carbons (Fsp3) is 0.545. The summed E-state index contributed by atoms with van der Waals surface area (Å²) in [4.78, 5) is 25.3. The Morgan fingerprint density at radius 2 is 2.07 bits per heavy atom. The fourth-order valence-electron chi connectivity index (χ4n) is 3.59. The predicted molar refractivity (Wildman–Crippen MR) is 106 cm³/mol. The van der Waals surface area contributed by atoms with Crippen molar-refractivity contribution in [3.8, 4) is 0 Å². The summed E-state index contributed by atoms with van der Waals surface area (Å²) in [7, 11) is 0. The summed E-state index contributed by atoms with van der Waals surface area (Å²) >= 11 is 0. The van der Waals surface area contributed by atoms with E-state index in [1.54, 1.807) is 12.1 Å². The molecule has 1 saturated heterocycles. The van der Waals surface area contributed by atoms with Gasteiger partial charge in [0.2, 0.25) is 5.91 Å². The van der Waals surface area contributed by atoms with Gasteiger partial charge in [-0.05, 0) is 37.3 Å². The number of aliphatic hydroxyl groups is 1. The van der Waals surface area contributed by atoms with E-state index in [-0.39, 0.29) is 11.9 Å². The topological polar surface area (TPSA) is 77.8 Å². The lowest BCUT2D eigenvalue weighted by Gasteiger charge is -2.23. The first kappa shape index (κ1) is 21.2. The van der Waals surface area contributed by atoms with Crippen LogP contribution in [0.5, 0.6) is 0 Å². The van der Waals surface area contributed by atoms with Crippen LogP contribution in [0.15, 0.2) is 36.4 Å². The van der Waals surface area contributed by atoms with Crippen LogP contribution in [0.3, 0.4) is 0 Å². The van der Waals surface area contributed by atoms with Crippen LogP contribution in [-0.4, -0.2) is 45.7 Å². The number of carbonyl (C=O) groups is 2. The fourth-order valence-corrected chi connectivity index (χ4v) is 3.59. The average Bonchev–Trinajstić information content (AvgIpc) is 3.00. The molecule has 2 N–H and O–H groups in total. The maximum absolute atomic E-state index is 12.2. The van der Waals surface area contributed by atoms with Gasteiger partial charge in [0.15, 0.2) is 0 Å². The second kappa shape index (κ2) is 10.9. The van der Waals surface area contributed by atoms with Crippen molar-refractivity contribution in [1.82, 2.24) is 4.90 Å². The number of hydrogen-bond donors (Lipinski definition) is 2. The molecule has 5 heteroatoms. The number of amides is 1. The van der Waals surface area contributed by atoms with E-state index in [2.05, 4.69) is 6.92 Å². The number of nitrogens with zero attached hydrogens (tertiary/aromatic N) is 1. The van der Waals surface area contributed by atoms with Crippen molar-refractivity contribution in [3.63, 3.8) is 0 Å². The van der Waals surface area contributed by atoms with E-state index in [0.29, 0.717) is 24.9 Å². The molecule has 0 spiro atoms. The van der Waals surface area contributed by atoms with E-state index >= 15 is 0 Å². The number of likely N-dealkylation sites (tertiary alicyclic amines) is 1. The van der Waals surface area contributed by atoms with Crippen LogP contribution < -0.4 is 0 Å². The summed E-state index contributed by atoms with van der Waals surface area (Å²) in [5, 5.41) is 19.3. The SMILES string of the molecule is CCCCCC(O)C=CC1CCC(=O)N1CCCc1ccccc1C(=O)O. The Hall–Kier alpha value is -2.14. The third kappa shape index (κ3) is 6.51. The van der Waals surface area contributed by atoms with E-state index in [1.807, 2.05) is 29.2 Å². The van der Waals surface area contributed by atoms with Gasteiger partial charge in [0.1, 0.15) is 0 Å². The Labute approximate surface area is 161 Å². The van der Waals surface area contributed by atoms with Crippen LogP contribution in [0.4, 0.5) is 0 Å². The first-order valence-corrected chi connectivity index (χ1v) is 10.00. The quantitative estimate of drug-likeness (QED) is 0.457. The lowest BCUT2D eigenvalue weighted by molar-refractivity contribution is -0.128. The number of hydrogen-bond acceptors (Lipinski definition) is 3. The first-order chi connectivity index (χ1) is 13.0. The molecule has 1 fully saturated rings. The Morgan fingerprint density at radius 3 is 2.81 bits per heavy atom. The molecule has 0 saturated carbocycles. The molecule has 0 bridgehead atoms. The van der Waals surface area contributed by atoms with Gasteiger partial charge in [-0.3, -0.25) is 4.79 Å². The molecular formula is C22H31NO4. The highest BCUT2D eigenvalue weighted by Crippen LogP contribution is 2.21. The Kier molecular flexibility index (Phi) is 8.52. The van der Waals surface area contributed by atoms with Crippen molar-refractivity contribution in [2.45, 2.75) is 70.4 Å². The van der Waals surface area contributed by atoms with Gasteiger partial charge in [0.25, 0.3) is 0 Å². The van der Waals surface area contributed by atoms with Gasteiger partial charge in [-0.25, -0.2) is 4.79 Å². The molecule has 1 aromatic carbocycles. The summed E-state index contributed by atoms with van der Waals surface area (Å²) < 4.78 is 0. The molecular weight excluding hydrogens is 342 g/mol. The van der Waals surface area contributed by atoms with E-state index in [9.17, 15) is 19.8 Å². The number of carboxylic acid groups (broad SMARTS) is 1. The minimum Gasteiger partial charge on any atom is -0.478 e. The lowest BCUT2D eigenvalue weighted by atomic mass is 10.0. The largest absolute Gasteiger partial charge is 0.478 e. The molecule has 2 rings (SSSR count). The standard InChI is InChI=1S/C22H31NO4/c1-2-3-4-10-19(24)14-12-18-13-15-21(25)23(18)16-7-9-17-8-5-6-11-20(17)22(26)27/h5-6,8,11-12,14,18-19,24H,2-4,7,9-10,13,15-16H2,1H3,(H,26,27). The average molecular weight is 373 g/mol. The highest BCUT2D eigenvalue weighted by atomic mass is 16.4. The number of unbranched alkanes of at least 4 members (excludes halogenated alkanes) is 2. The number of carboxylic acids is 1. The summed E-state index contributed by atoms with van der Waals surface area (Å²) in [6.07, 6.45) is 10.0. The molecule has 0 aromatic heterocycles. The van der Waals surface area contributed by atoms with Crippen molar-refractivity contribution in [2.24, 2.45) is 0 Å². The number of rotatable bonds is 11. The van der Waals surface area contributed by atoms with Gasteiger partial charge in [0.05, 0.1) is 17.7 Å². The zero-order valence-corrected chi connectivity index (χ0v) is 16.1. The summed E-state index contributed by atoms with van der Waals surface area (Å²) in [5.41, 5.74) is 1.13. The molecule has 2 atom stereocenters. The lowest BCUT2D eigenvalue weighted by Crippen LogP contribution is -2.33. The second-order valence-electron chi connectivity index (χ2n) is 7.21. The molecule has 1 heterocycles. The Balaban J connectivity index is 1.87. The summed E-state index contributed by atoms with van der Waals surface area (Å²) in [6.45, 7) is 2.74. The molecule has 1 aliphatic heterocycles. The van der Waals surface area contributed by atoms with Crippen molar-refractivity contribution < 1.29 is 19.8 Å². The zero-order valence-electron chi connectivity index (χ0n) is 16.1. The van der Waals surface area contributed by atoms with Crippen LogP contribution >= 0.6 is 0 Å². The number of aliphatic hydroxyl groups excluding tert-OH is 1. The van der Waals surface area contributed by atoms with Crippen molar-refractivity contribution in [1.29, 1.82) is 0 Å². The molecule has 2 unspecified atom stereocenters. The van der Waals surface area contributed by atoms with E-state index < -0.39 is 12.1 Å². The molecule has 1 amide bonds. The zero-order chi connectivity index (χ0) is 19.6. The number of carbonyl (C=O) groups excluding carboxylic acids is 1. The maximum atomic E-state index is 12.2. The van der Waals surface area contributed by atoms with Gasteiger partial charge in [-0.1, -0.05) is 56.5 Å². The van der Waals surface area contributed by atoms with Gasteiger partial charge in [0, 0.05) is 13.0 Å². The molecule has 0 radical (unpaired) electrons. The molecule has 27 heavy (non-hydrogen) atoms. The van der Waals surface area contributed by atoms with Crippen LogP contribution in [0.25, 0.3) is 0 Å². The van der Waals surface area contributed by atoms with Crippen LogP contribution in [0, 0.1) is 0 Å². The third-order valence-corrected chi connectivity index (χ3v) is 5.13. The van der Waals surface area contributed by atoms with E-state index in [1.165, 1.54) is 0 Å². The molecule has 0 aliphatic carbocycles. The molecule has 5 nitrogen and oxygen atoms in total. The smallest absolute Gasteiger partial charge is 0.335 e. The third-order valence-electron chi connectivity index (χ3n) is 5.13. The Bertz CT molecular complexity index is 655. The molecule has 1 aromatic rings. The van der Waals surface area contributed by atoms with Crippen LogP contribution in [0.2, 0.25) is 0 Å². The molecule has 1 aliphatic rings. The summed E-state index contributed by atoms with van der Waals surface area (Å²) in [6, 6.07) is 7.05. The number of aryl methyl sites for hydroxylation is 1. The normalized spacial score (nSPS) is 18.4. The second-order valence-corrected chi connectivity index (χ2v) is 7.21. The van der Waals surface area contributed by atoms with E-state index in [0.717, 1.165) is 44.1 Å². The highest BCUT2D eigenvalue weighted by Gasteiger charge is 2.28. The van der Waals surface area contributed by atoms with Crippen molar-refractivity contribution in [3.05, 3.63) is 47.5 Å². The number of aromatic carboxylic acids is 1. The highest BCUT2D eigenvalue weighted by molar-refractivity contribution is 5.89. The van der Waals surface area contributed by atoms with Crippen molar-refractivity contribution in [2.75, 3.05) is 6.54 Å². The van der Waals surface area contributed by atoms with Crippen molar-refractivity contribution >= 4 is 11.9 Å². The minimum atomic E-state index is -0.916. The van der Waals surface area contributed by atoms with Gasteiger partial charge < -0.3 is 15.1 Å². The van der Waals surface area contributed by atoms with Gasteiger partial charge >= 0.3 is 5.97 Å². The van der Waals surface area contributed by atoms with Gasteiger partial charge in [-0.15, -0.1) is 0 Å². The number of benzene rings is 1. The van der Waals surface area contributed by atoms with Gasteiger partial charge in [-0.2, -0.15) is 0 Å². The monoisotopic (exact) mass is 373 g/mol. The van der Waals surface area contributed by atoms with Crippen LogP contribution in [-0.2, 0) is 11.2 Å². The van der Waals surface area contributed by atoms with Crippen LogP contribution in [0.1, 0.15) is 67.8 Å². The Morgan fingerprint density at radius 1 is 1.30 bits per heavy atom. The molecule has 148 valence electrons. The minimum absolute atomic E-state index is 0.0352. The maximum Gasteiger partial charge on any atom is 0.335 e. The van der Waals surface area contributed by atoms with E-state index in [4.69, 9.17) is 0 Å². The first-order valence-electron chi connectivity index (χ1n) is 10.00.